The summed E-state index contributed by atoms with van der Waals surface area (Å²) in [5.41, 5.74) is 2.31. The molecule has 1 aromatic rings. The molecule has 1 nitrogen and oxygen atoms in total. The first-order valence-corrected chi connectivity index (χ1v) is 7.20. The molecule has 0 spiro atoms. The number of rotatable bonds is 5. The van der Waals surface area contributed by atoms with E-state index in [-0.39, 0.29) is 0 Å². The summed E-state index contributed by atoms with van der Waals surface area (Å²) in [5, 5.41) is 9.24. The standard InChI is InChI=1S/C17H19NS/c1-4-6-15(7-5-2)12-17(13-18)19-16-10-8-14(3)9-11-16/h4,6-12H,5H2,1-3H3/b6-4-,15-7+,17-12+. The van der Waals surface area contributed by atoms with E-state index in [2.05, 4.69) is 38.1 Å². The normalized spacial score (nSPS) is 12.7. The lowest BCUT2D eigenvalue weighted by Crippen LogP contribution is -1.79. The number of allylic oxidation sites excluding steroid dienone is 6. The molecule has 0 saturated carbocycles. The number of nitrogens with zero attached hydrogens (tertiary/aromatic N) is 1. The van der Waals surface area contributed by atoms with Crippen LogP contribution < -0.4 is 0 Å². The zero-order valence-electron chi connectivity index (χ0n) is 11.7. The SMILES string of the molecule is C\C=C/C(=C\CC)/C=C(\C#N)Sc1ccc(C)cc1. The molecule has 0 amide bonds. The second-order valence-electron chi connectivity index (χ2n) is 4.15. The maximum absolute atomic E-state index is 9.24. The van der Waals surface area contributed by atoms with Crippen LogP contribution in [0.25, 0.3) is 0 Å². The predicted octanol–water partition coefficient (Wildman–Crippen LogP) is 5.41. The Hall–Kier alpha value is -1.72. The van der Waals surface area contributed by atoms with Crippen molar-refractivity contribution in [2.24, 2.45) is 0 Å². The Kier molecular flexibility index (Phi) is 6.78. The molecule has 1 rings (SSSR count). The number of benzene rings is 1. The lowest BCUT2D eigenvalue weighted by atomic mass is 10.2. The van der Waals surface area contributed by atoms with Gasteiger partial charge in [0.1, 0.15) is 6.07 Å². The van der Waals surface area contributed by atoms with E-state index in [0.717, 1.165) is 16.9 Å². The van der Waals surface area contributed by atoms with E-state index < -0.39 is 0 Å². The maximum atomic E-state index is 9.24. The summed E-state index contributed by atoms with van der Waals surface area (Å²) in [6.45, 7) is 6.14. The fourth-order valence-electron chi connectivity index (χ4n) is 1.57. The summed E-state index contributed by atoms with van der Waals surface area (Å²) in [6, 6.07) is 10.5. The molecular formula is C17H19NS. The summed E-state index contributed by atoms with van der Waals surface area (Å²) < 4.78 is 0. The first-order valence-electron chi connectivity index (χ1n) is 6.38. The zero-order valence-corrected chi connectivity index (χ0v) is 12.5. The highest BCUT2D eigenvalue weighted by molar-refractivity contribution is 8.03. The summed E-state index contributed by atoms with van der Waals surface area (Å²) in [5.74, 6) is 0. The van der Waals surface area contributed by atoms with Crippen molar-refractivity contribution in [3.8, 4) is 6.07 Å². The van der Waals surface area contributed by atoms with Gasteiger partial charge in [-0.3, -0.25) is 0 Å². The van der Waals surface area contributed by atoms with Gasteiger partial charge in [0, 0.05) is 4.90 Å². The topological polar surface area (TPSA) is 23.8 Å². The van der Waals surface area contributed by atoms with Gasteiger partial charge in [0.25, 0.3) is 0 Å². The highest BCUT2D eigenvalue weighted by Crippen LogP contribution is 2.27. The van der Waals surface area contributed by atoms with Gasteiger partial charge in [-0.25, -0.2) is 0 Å². The largest absolute Gasteiger partial charge is 0.192 e. The molecule has 0 unspecified atom stereocenters. The molecule has 0 N–H and O–H groups in total. The van der Waals surface area contributed by atoms with Crippen molar-refractivity contribution in [3.63, 3.8) is 0 Å². The van der Waals surface area contributed by atoms with Gasteiger partial charge < -0.3 is 0 Å². The van der Waals surface area contributed by atoms with E-state index in [9.17, 15) is 5.26 Å². The second-order valence-corrected chi connectivity index (χ2v) is 5.26. The van der Waals surface area contributed by atoms with Crippen LogP contribution >= 0.6 is 11.8 Å². The fraction of sp³-hybridized carbons (Fsp3) is 0.235. The van der Waals surface area contributed by atoms with Gasteiger partial charge in [-0.2, -0.15) is 5.26 Å². The van der Waals surface area contributed by atoms with E-state index in [1.807, 2.05) is 37.3 Å². The molecule has 0 bridgehead atoms. The molecule has 0 atom stereocenters. The van der Waals surface area contributed by atoms with Crippen LogP contribution in [0, 0.1) is 18.3 Å². The first-order chi connectivity index (χ1) is 9.19. The molecule has 0 aliphatic rings. The fourth-order valence-corrected chi connectivity index (χ4v) is 2.34. The Morgan fingerprint density at radius 1 is 1.32 bits per heavy atom. The van der Waals surface area contributed by atoms with Crippen LogP contribution in [-0.2, 0) is 0 Å². The van der Waals surface area contributed by atoms with Crippen LogP contribution in [0.5, 0.6) is 0 Å². The van der Waals surface area contributed by atoms with Crippen LogP contribution in [0.3, 0.4) is 0 Å². The van der Waals surface area contributed by atoms with Crippen LogP contribution in [0.15, 0.2) is 63.9 Å². The minimum Gasteiger partial charge on any atom is -0.192 e. The monoisotopic (exact) mass is 269 g/mol. The minimum atomic E-state index is 0.710. The zero-order chi connectivity index (χ0) is 14.1. The van der Waals surface area contributed by atoms with E-state index in [0.29, 0.717) is 4.91 Å². The third-order valence-corrected chi connectivity index (χ3v) is 3.39. The Balaban J connectivity index is 2.91. The molecule has 98 valence electrons. The Morgan fingerprint density at radius 3 is 2.53 bits per heavy atom. The molecule has 1 aromatic carbocycles. The molecule has 0 fully saturated rings. The van der Waals surface area contributed by atoms with Gasteiger partial charge in [-0.1, -0.05) is 54.6 Å². The van der Waals surface area contributed by atoms with E-state index in [4.69, 9.17) is 0 Å². The number of thioether (sulfide) groups is 1. The van der Waals surface area contributed by atoms with Crippen molar-refractivity contribution in [2.75, 3.05) is 0 Å². The Morgan fingerprint density at radius 2 is 2.00 bits per heavy atom. The smallest absolute Gasteiger partial charge is 0.106 e. The molecule has 0 saturated heterocycles. The van der Waals surface area contributed by atoms with Crippen molar-refractivity contribution >= 4 is 11.8 Å². The van der Waals surface area contributed by atoms with Crippen molar-refractivity contribution in [1.82, 2.24) is 0 Å². The third kappa shape index (κ3) is 5.63. The molecule has 0 heterocycles. The van der Waals surface area contributed by atoms with Crippen molar-refractivity contribution in [2.45, 2.75) is 32.1 Å². The summed E-state index contributed by atoms with van der Waals surface area (Å²) in [4.78, 5) is 1.80. The second kappa shape index (κ2) is 8.39. The van der Waals surface area contributed by atoms with Gasteiger partial charge in [0.05, 0.1) is 4.91 Å². The van der Waals surface area contributed by atoms with Crippen molar-refractivity contribution in [3.05, 3.63) is 64.6 Å². The third-order valence-electron chi connectivity index (χ3n) is 2.46. The number of aryl methyl sites for hydroxylation is 1. The Labute approximate surface area is 120 Å². The Bertz CT molecular complexity index is 527. The quantitative estimate of drug-likeness (QED) is 0.405. The minimum absolute atomic E-state index is 0.710. The highest BCUT2D eigenvalue weighted by Gasteiger charge is 2.00. The van der Waals surface area contributed by atoms with Crippen LogP contribution in [0.4, 0.5) is 0 Å². The van der Waals surface area contributed by atoms with Crippen LogP contribution in [0.2, 0.25) is 0 Å². The molecule has 0 aromatic heterocycles. The van der Waals surface area contributed by atoms with Crippen LogP contribution in [0.1, 0.15) is 25.8 Å². The van der Waals surface area contributed by atoms with Crippen molar-refractivity contribution in [1.29, 1.82) is 5.26 Å². The summed E-state index contributed by atoms with van der Waals surface area (Å²) >= 11 is 1.50. The summed E-state index contributed by atoms with van der Waals surface area (Å²) in [7, 11) is 0. The van der Waals surface area contributed by atoms with E-state index >= 15 is 0 Å². The van der Waals surface area contributed by atoms with Crippen LogP contribution in [-0.4, -0.2) is 0 Å². The molecule has 0 aliphatic heterocycles. The van der Waals surface area contributed by atoms with E-state index in [1.54, 1.807) is 0 Å². The lowest BCUT2D eigenvalue weighted by Gasteiger charge is -2.01. The average Bonchev–Trinajstić information content (AvgIpc) is 2.41. The molecular weight excluding hydrogens is 250 g/mol. The average molecular weight is 269 g/mol. The van der Waals surface area contributed by atoms with Gasteiger partial charge in [-0.05, 0) is 44.1 Å². The van der Waals surface area contributed by atoms with Gasteiger partial charge in [0.2, 0.25) is 0 Å². The number of nitriles is 1. The molecule has 2 heteroatoms. The molecule has 0 radical (unpaired) electrons. The maximum Gasteiger partial charge on any atom is 0.106 e. The van der Waals surface area contributed by atoms with Gasteiger partial charge in [-0.15, -0.1) is 0 Å². The number of hydrogen-bond acceptors (Lipinski definition) is 2. The molecule has 19 heavy (non-hydrogen) atoms. The van der Waals surface area contributed by atoms with Crippen molar-refractivity contribution < 1.29 is 0 Å². The van der Waals surface area contributed by atoms with Gasteiger partial charge in [0.15, 0.2) is 0 Å². The van der Waals surface area contributed by atoms with E-state index in [1.165, 1.54) is 17.3 Å². The van der Waals surface area contributed by atoms with Gasteiger partial charge >= 0.3 is 0 Å². The molecule has 0 aliphatic carbocycles. The first kappa shape index (κ1) is 15.3. The highest BCUT2D eigenvalue weighted by atomic mass is 32.2. The number of hydrogen-bond donors (Lipinski definition) is 0. The summed E-state index contributed by atoms with van der Waals surface area (Å²) in [6.07, 6.45) is 9.03. The predicted molar refractivity (Wildman–Crippen MR) is 83.9 cm³/mol. The lowest BCUT2D eigenvalue weighted by molar-refractivity contribution is 1.21.